The van der Waals surface area contributed by atoms with Gasteiger partial charge in [-0.25, -0.2) is 8.42 Å². The van der Waals surface area contributed by atoms with Crippen molar-refractivity contribution in [2.75, 3.05) is 0 Å². The molecule has 0 saturated heterocycles. The monoisotopic (exact) mass is 608 g/mol. The first-order valence-corrected chi connectivity index (χ1v) is 12.6. The summed E-state index contributed by atoms with van der Waals surface area (Å²) in [4.78, 5) is 0. The Labute approximate surface area is 225 Å². The van der Waals surface area contributed by atoms with Crippen LogP contribution < -0.4 is 10.5 Å². The van der Waals surface area contributed by atoms with Gasteiger partial charge >= 0.3 is 15.5 Å². The number of nitrogens with one attached hydrogen (secondary N) is 1. The summed E-state index contributed by atoms with van der Waals surface area (Å²) in [6.45, 7) is 13.3. The molecular weight excluding hydrogens is 574 g/mol. The smallest absolute Gasteiger partial charge is 0.322 e. The van der Waals surface area contributed by atoms with Crippen LogP contribution in [0.1, 0.15) is 56.6 Å². The maximum absolute atomic E-state index is 12.7. The van der Waals surface area contributed by atoms with Gasteiger partial charge in [-0.3, -0.25) is 0 Å². The van der Waals surface area contributed by atoms with Crippen molar-refractivity contribution in [2.24, 2.45) is 5.73 Å². The fourth-order valence-corrected chi connectivity index (χ4v) is 4.55. The van der Waals surface area contributed by atoms with E-state index in [-0.39, 0.29) is 19.5 Å². The number of nitrogens with two attached hydrogens (primary N) is 1. The third kappa shape index (κ3) is 7.48. The molecule has 198 valence electrons. The van der Waals surface area contributed by atoms with Crippen molar-refractivity contribution in [3.05, 3.63) is 105 Å². The summed E-state index contributed by atoms with van der Waals surface area (Å²) in [6.07, 6.45) is 0. The van der Waals surface area contributed by atoms with Crippen LogP contribution in [0.25, 0.3) is 0 Å². The van der Waals surface area contributed by atoms with Crippen LogP contribution >= 0.6 is 0 Å². The Kier molecular flexibility index (Phi) is 11.5. The minimum atomic E-state index is -5.53. The molecule has 0 aliphatic heterocycles. The van der Waals surface area contributed by atoms with Crippen molar-refractivity contribution in [2.45, 2.75) is 59.1 Å². The van der Waals surface area contributed by atoms with Crippen molar-refractivity contribution >= 4 is 10.0 Å². The van der Waals surface area contributed by atoms with Gasteiger partial charge in [0.15, 0.2) is 0 Å². The van der Waals surface area contributed by atoms with Gasteiger partial charge in [-0.1, -0.05) is 60.7 Å². The second-order valence-electron chi connectivity index (χ2n) is 8.64. The third-order valence-corrected chi connectivity index (χ3v) is 7.84. The first kappa shape index (κ1) is 32.0. The van der Waals surface area contributed by atoms with E-state index in [2.05, 4.69) is 41.5 Å². The SMILES string of the molecule is Cc1c(C)c(C)c(C)c(C)c1C.N[C@@H](c1ccccc1)[C@@H](NS(=O)(=O)C(F)(F)F)c1ccccc1.[Ru]. The topological polar surface area (TPSA) is 72.2 Å². The van der Waals surface area contributed by atoms with Gasteiger partial charge in [-0.15, -0.1) is 0 Å². The van der Waals surface area contributed by atoms with Crippen LogP contribution in [-0.2, 0) is 29.5 Å². The maximum atomic E-state index is 12.7. The zero-order chi connectivity index (χ0) is 26.6. The van der Waals surface area contributed by atoms with Gasteiger partial charge in [-0.05, 0) is 86.1 Å². The molecule has 0 aromatic heterocycles. The molecule has 0 amide bonds. The van der Waals surface area contributed by atoms with Gasteiger partial charge in [0.1, 0.15) is 0 Å². The van der Waals surface area contributed by atoms with E-state index in [1.807, 2.05) is 0 Å². The van der Waals surface area contributed by atoms with Gasteiger partial charge in [0.25, 0.3) is 0 Å². The molecular formula is C27H33F3N2O2RuS. The molecule has 0 heterocycles. The molecule has 0 aliphatic carbocycles. The molecule has 0 unspecified atom stereocenters. The molecule has 3 aromatic rings. The average Bonchev–Trinajstić information content (AvgIpc) is 2.84. The van der Waals surface area contributed by atoms with Crippen LogP contribution in [0.5, 0.6) is 0 Å². The molecule has 3 N–H and O–H groups in total. The Morgan fingerprint density at radius 2 is 0.972 bits per heavy atom. The van der Waals surface area contributed by atoms with Crippen LogP contribution in [0.2, 0.25) is 0 Å². The minimum Gasteiger partial charge on any atom is -0.322 e. The molecule has 0 fully saturated rings. The largest absolute Gasteiger partial charge is 0.511 e. The van der Waals surface area contributed by atoms with E-state index in [0.717, 1.165) is 0 Å². The Bertz CT molecular complexity index is 1140. The zero-order valence-corrected chi connectivity index (χ0v) is 23.8. The number of rotatable bonds is 5. The number of alkyl halides is 3. The van der Waals surface area contributed by atoms with E-state index in [1.165, 1.54) is 45.5 Å². The van der Waals surface area contributed by atoms with Crippen LogP contribution in [0, 0.1) is 41.5 Å². The fourth-order valence-electron chi connectivity index (χ4n) is 3.80. The molecule has 0 radical (unpaired) electrons. The van der Waals surface area contributed by atoms with Gasteiger partial charge in [0.2, 0.25) is 0 Å². The van der Waals surface area contributed by atoms with Crippen LogP contribution in [0.4, 0.5) is 13.2 Å². The van der Waals surface area contributed by atoms with E-state index in [0.29, 0.717) is 11.1 Å². The molecule has 36 heavy (non-hydrogen) atoms. The Balaban J connectivity index is 0.000000422. The van der Waals surface area contributed by atoms with Crippen molar-refractivity contribution in [1.82, 2.24) is 4.72 Å². The van der Waals surface area contributed by atoms with E-state index < -0.39 is 27.6 Å². The molecule has 2 atom stereocenters. The van der Waals surface area contributed by atoms with Crippen LogP contribution in [0.3, 0.4) is 0 Å². The molecule has 3 aromatic carbocycles. The maximum Gasteiger partial charge on any atom is 0.511 e. The number of benzene rings is 3. The molecule has 4 nitrogen and oxygen atoms in total. The Hall–Kier alpha value is -2.06. The summed E-state index contributed by atoms with van der Waals surface area (Å²) >= 11 is 0. The minimum absolute atomic E-state index is 0. The van der Waals surface area contributed by atoms with Crippen molar-refractivity contribution < 1.29 is 41.1 Å². The summed E-state index contributed by atoms with van der Waals surface area (Å²) in [5.41, 5.74) is 10.2. The predicted molar refractivity (Wildman–Crippen MR) is 136 cm³/mol. The van der Waals surface area contributed by atoms with Crippen LogP contribution in [0.15, 0.2) is 60.7 Å². The fraction of sp³-hybridized carbons (Fsp3) is 0.333. The zero-order valence-electron chi connectivity index (χ0n) is 21.2. The van der Waals surface area contributed by atoms with Gasteiger partial charge in [0.05, 0.1) is 12.1 Å². The predicted octanol–water partition coefficient (Wildman–Crippen LogP) is 6.40. The van der Waals surface area contributed by atoms with Crippen molar-refractivity contribution in [1.29, 1.82) is 0 Å². The Morgan fingerprint density at radius 1 is 0.667 bits per heavy atom. The molecule has 0 bridgehead atoms. The first-order chi connectivity index (χ1) is 16.2. The number of hydrogen-bond donors (Lipinski definition) is 2. The first-order valence-electron chi connectivity index (χ1n) is 11.2. The van der Waals surface area contributed by atoms with Gasteiger partial charge < -0.3 is 5.73 Å². The molecule has 3 rings (SSSR count). The number of halogens is 3. The molecule has 9 heteroatoms. The van der Waals surface area contributed by atoms with E-state index >= 15 is 0 Å². The summed E-state index contributed by atoms with van der Waals surface area (Å²) in [5, 5.41) is 0. The summed E-state index contributed by atoms with van der Waals surface area (Å²) in [5.74, 6) is 0. The summed E-state index contributed by atoms with van der Waals surface area (Å²) in [7, 11) is -5.53. The average molecular weight is 608 g/mol. The quantitative estimate of drug-likeness (QED) is 0.330. The summed E-state index contributed by atoms with van der Waals surface area (Å²) in [6, 6.07) is 14.0. The number of hydrogen-bond acceptors (Lipinski definition) is 3. The van der Waals surface area contributed by atoms with Crippen molar-refractivity contribution in [3.8, 4) is 0 Å². The standard InChI is InChI=1S/C15H15F3N2O2S.C12H18.Ru/c16-15(17,18)23(21,22)20-14(12-9-5-2-6-10-12)13(19)11-7-3-1-4-8-11;1-7-8(2)10(4)12(6)11(5)9(7)3;/h1-10,13-14,20H,19H2;1-6H3;/t13-,14-;;/m0../s1. The molecule has 0 spiro atoms. The second kappa shape index (κ2) is 13.0. The third-order valence-electron chi connectivity index (χ3n) is 6.66. The van der Waals surface area contributed by atoms with Crippen molar-refractivity contribution in [3.63, 3.8) is 0 Å². The van der Waals surface area contributed by atoms with Crippen LogP contribution in [-0.4, -0.2) is 13.9 Å². The number of sulfonamides is 1. The molecule has 0 aliphatic rings. The molecule has 0 saturated carbocycles. The van der Waals surface area contributed by atoms with Gasteiger partial charge in [0, 0.05) is 19.5 Å². The van der Waals surface area contributed by atoms with Gasteiger partial charge in [-0.2, -0.15) is 17.9 Å². The van der Waals surface area contributed by atoms with E-state index in [4.69, 9.17) is 5.73 Å². The Morgan fingerprint density at radius 3 is 1.28 bits per heavy atom. The van der Waals surface area contributed by atoms with E-state index in [1.54, 1.807) is 53.3 Å². The normalized spacial score (nSPS) is 13.2. The van der Waals surface area contributed by atoms with E-state index in [9.17, 15) is 21.6 Å². The summed E-state index contributed by atoms with van der Waals surface area (Å²) < 4.78 is 62.7. The second-order valence-corrected chi connectivity index (χ2v) is 10.3.